The lowest BCUT2D eigenvalue weighted by atomic mass is 9.85. The summed E-state index contributed by atoms with van der Waals surface area (Å²) in [5, 5.41) is 4.10. The van der Waals surface area contributed by atoms with Gasteiger partial charge in [-0.05, 0) is 202 Å². The minimum Gasteiger partial charge on any atom is -0.498 e. The fourth-order valence-electron chi connectivity index (χ4n) is 11.3. The standard InChI is InChI=1S/C16H23ClO.C15H20O2.C15H22O2.2C14H19ClO.C14H20O.C13H16Cl2O.C12H15ClO.C7H11F3O/c1-12(2)13(3)18-11-16(4,5)10-14-7-6-8-15(17)9-14;1-11(2)14(16)17-10-15(7-8-15)13-6-4-5-12(3)9-13;1-11(2)14(16)17-10-15(4,5)13-8-6-7-12(3)9-13;2*1-10(2)11(3)16-14(4,5)12-7-6-8-13(15)9-12;1-11-6-8-13(9-7-11)15-10-12(2)14(3,4)5;1-9(13(2,3)4)8-16-12-6-5-10(14)7-11(12)15;1-9(2)10(3)14-8-11-5-4-6-12(13)7-11;1-5(6(2,3)4)11-7(8,9)10/h6-9,12H,3,10-11H2,1-2,4-5H3;4-6,9,11H,7-8,10H2,1-3H3;6-9,11H,10H2,1-5H3;2*6-10H,3H2,1-2,4-5H3;6-9H,2,10H2,1,3-5H3;5-7H,1,8H2,2-4H3;4-7,9H,3,8H2,1-2H3;1H2,2-4H3. The van der Waals surface area contributed by atoms with Crippen molar-refractivity contribution in [3.05, 3.63) is 354 Å². The molecule has 1 saturated carbocycles. The molecule has 9 rings (SSSR count). The molecule has 8 aromatic rings. The van der Waals surface area contributed by atoms with Crippen LogP contribution in [0.25, 0.3) is 0 Å². The zero-order chi connectivity index (χ0) is 108. The lowest BCUT2D eigenvalue weighted by molar-refractivity contribution is -0.310. The van der Waals surface area contributed by atoms with Crippen LogP contribution in [-0.2, 0) is 77.8 Å². The summed E-state index contributed by atoms with van der Waals surface area (Å²) in [6.45, 7) is 94.5. The lowest BCUT2D eigenvalue weighted by Gasteiger charge is -2.29. The number of benzene rings is 8. The molecule has 11 nitrogen and oxygen atoms in total. The van der Waals surface area contributed by atoms with Gasteiger partial charge in [-0.2, -0.15) is 0 Å². The van der Waals surface area contributed by atoms with E-state index in [-0.39, 0.29) is 56.6 Å². The first-order valence-electron chi connectivity index (χ1n) is 47.7. The van der Waals surface area contributed by atoms with Crippen LogP contribution in [0, 0.1) is 77.9 Å². The van der Waals surface area contributed by atoms with Crippen LogP contribution < -0.4 is 9.47 Å². The molecule has 774 valence electrons. The van der Waals surface area contributed by atoms with Gasteiger partial charge in [0.1, 0.15) is 61.5 Å². The second-order valence-electron chi connectivity index (χ2n) is 42.7. The monoisotopic (exact) mass is 2050 g/mol. The third kappa shape index (κ3) is 53.9. The molecular weight excluding hydrogens is 1890 g/mol. The summed E-state index contributed by atoms with van der Waals surface area (Å²) in [6.07, 6.45) is -1.42. The van der Waals surface area contributed by atoms with E-state index in [4.69, 9.17) is 108 Å². The molecule has 0 heterocycles. The van der Waals surface area contributed by atoms with Gasteiger partial charge in [0.15, 0.2) is 0 Å². The van der Waals surface area contributed by atoms with Crippen molar-refractivity contribution in [2.75, 3.05) is 33.0 Å². The summed E-state index contributed by atoms with van der Waals surface area (Å²) in [6, 6.07) is 61.2. The molecule has 0 atom stereocenters. The van der Waals surface area contributed by atoms with Crippen molar-refractivity contribution >= 4 is 81.5 Å². The van der Waals surface area contributed by atoms with Crippen LogP contribution in [0.1, 0.15) is 264 Å². The number of esters is 2. The number of hydrogen-bond donors (Lipinski definition) is 0. The number of alkyl halides is 3. The Labute approximate surface area is 872 Å². The molecule has 0 bridgehead atoms. The smallest absolute Gasteiger partial charge is 0.498 e. The van der Waals surface area contributed by atoms with E-state index >= 15 is 0 Å². The molecule has 0 aliphatic heterocycles. The van der Waals surface area contributed by atoms with E-state index in [1.54, 1.807) is 39.0 Å². The van der Waals surface area contributed by atoms with Crippen molar-refractivity contribution in [3.63, 3.8) is 0 Å². The molecule has 0 unspecified atom stereocenters. The average Bonchev–Trinajstić information content (AvgIpc) is 1.62. The highest BCUT2D eigenvalue weighted by molar-refractivity contribution is 6.35. The van der Waals surface area contributed by atoms with E-state index in [0.717, 1.165) is 96.0 Å². The van der Waals surface area contributed by atoms with Gasteiger partial charge in [-0.15, -0.1) is 13.2 Å². The molecule has 140 heavy (non-hydrogen) atoms. The van der Waals surface area contributed by atoms with Crippen molar-refractivity contribution < 1.29 is 65.4 Å². The Morgan fingerprint density at radius 3 is 1.16 bits per heavy atom. The molecule has 0 amide bonds. The second-order valence-corrected chi connectivity index (χ2v) is 45.3. The predicted molar refractivity (Wildman–Crippen MR) is 588 cm³/mol. The molecule has 0 aromatic heterocycles. The van der Waals surface area contributed by atoms with E-state index in [1.807, 2.05) is 165 Å². The summed E-state index contributed by atoms with van der Waals surface area (Å²) in [4.78, 5) is 23.0. The highest BCUT2D eigenvalue weighted by Gasteiger charge is 2.46. The number of aryl methyl sites for hydroxylation is 3. The van der Waals surface area contributed by atoms with Crippen LogP contribution in [-0.4, -0.2) is 51.3 Å². The molecule has 1 aliphatic carbocycles. The first-order valence-corrected chi connectivity index (χ1v) is 50.0. The van der Waals surface area contributed by atoms with Crippen LogP contribution >= 0.6 is 69.6 Å². The minimum absolute atomic E-state index is 0.0386. The maximum absolute atomic E-state index is 11.6. The zero-order valence-electron chi connectivity index (χ0n) is 90.1. The Morgan fingerprint density at radius 2 is 0.764 bits per heavy atom. The SMILES string of the molecule is C=C(COc1ccc(C)cc1)C(C)(C)C.C=C(COc1ccc(Cl)cc1Cl)C(C)(C)C.C=C(OC(C)(C)c1cccc(Cl)c1)C(C)C.C=C(OC(C)(C)c1cccc(Cl)c1)C(C)C.C=C(OC(F)(F)F)C(C)(C)C.C=C(OCC(C)(C)Cc1cccc(Cl)c1)C(C)C.C=C(OCc1cccc(Cl)c1)C(C)C.Cc1cccc(C(C)(C)COC(=O)C(C)C)c1.Cc1cccc(C2(COC(=O)C(C)C)CC2)c1. The first-order chi connectivity index (χ1) is 64.2. The van der Waals surface area contributed by atoms with Gasteiger partial charge in [-0.25, -0.2) is 0 Å². The van der Waals surface area contributed by atoms with Crippen molar-refractivity contribution in [2.45, 2.75) is 276 Å². The fraction of sp³-hybridized carbons (Fsp3) is 0.467. The average molecular weight is 2050 g/mol. The van der Waals surface area contributed by atoms with Crippen LogP contribution in [0.2, 0.25) is 30.1 Å². The highest BCUT2D eigenvalue weighted by atomic mass is 35.5. The molecule has 8 aromatic carbocycles. The van der Waals surface area contributed by atoms with E-state index < -0.39 is 23.0 Å². The maximum atomic E-state index is 11.6. The molecular formula is C120H165Cl6F3O11. The summed E-state index contributed by atoms with van der Waals surface area (Å²) in [5.74, 6) is 5.56. The third-order valence-electron chi connectivity index (χ3n) is 22.1. The number of hydrogen-bond acceptors (Lipinski definition) is 11. The summed E-state index contributed by atoms with van der Waals surface area (Å²) < 4.78 is 83.2. The second kappa shape index (κ2) is 59.9. The minimum atomic E-state index is -4.62. The Bertz CT molecular complexity index is 5060. The molecule has 0 radical (unpaired) electrons. The highest BCUT2D eigenvalue weighted by Crippen LogP contribution is 2.49. The van der Waals surface area contributed by atoms with E-state index in [1.165, 1.54) is 33.4 Å². The van der Waals surface area contributed by atoms with Gasteiger partial charge in [0, 0.05) is 70.4 Å². The van der Waals surface area contributed by atoms with Gasteiger partial charge in [-0.3, -0.25) is 9.59 Å². The van der Waals surface area contributed by atoms with Crippen LogP contribution in [0.5, 0.6) is 11.5 Å². The molecule has 0 N–H and O–H groups in total. The number of rotatable bonds is 33. The Kier molecular flexibility index (Phi) is 55.2. The predicted octanol–water partition coefficient (Wildman–Crippen LogP) is 37.4. The molecule has 20 heteroatoms. The summed E-state index contributed by atoms with van der Waals surface area (Å²) in [5.41, 5.74) is 11.6. The van der Waals surface area contributed by atoms with Crippen molar-refractivity contribution in [2.24, 2.45) is 57.2 Å². The normalized spacial score (nSPS) is 12.2. The van der Waals surface area contributed by atoms with Crippen LogP contribution in [0.3, 0.4) is 0 Å². The van der Waals surface area contributed by atoms with Gasteiger partial charge in [0.2, 0.25) is 0 Å². The number of allylic oxidation sites excluding steroid dienone is 5. The third-order valence-corrected chi connectivity index (χ3v) is 23.6. The number of halogens is 9. The summed E-state index contributed by atoms with van der Waals surface area (Å²) in [7, 11) is 0. The largest absolute Gasteiger partial charge is 0.572 e. The van der Waals surface area contributed by atoms with Crippen LogP contribution in [0.15, 0.2) is 274 Å². The van der Waals surface area contributed by atoms with Gasteiger partial charge >= 0.3 is 18.3 Å². The Morgan fingerprint density at radius 1 is 0.371 bits per heavy atom. The van der Waals surface area contributed by atoms with E-state index in [2.05, 4.69) is 257 Å². The number of carbonyl (C=O) groups excluding carboxylic acids is 2. The van der Waals surface area contributed by atoms with E-state index in [9.17, 15) is 22.8 Å². The van der Waals surface area contributed by atoms with Crippen LogP contribution in [0.4, 0.5) is 13.2 Å². The van der Waals surface area contributed by atoms with Gasteiger partial charge in [-0.1, -0.05) is 415 Å². The van der Waals surface area contributed by atoms with E-state index in [0.29, 0.717) is 79.1 Å². The Balaban J connectivity index is 0.000000789. The fourth-order valence-corrected chi connectivity index (χ4v) is 12.6. The van der Waals surface area contributed by atoms with Crippen molar-refractivity contribution in [1.29, 1.82) is 0 Å². The van der Waals surface area contributed by atoms with Crippen molar-refractivity contribution in [1.82, 2.24) is 0 Å². The van der Waals surface area contributed by atoms with Crippen molar-refractivity contribution in [3.8, 4) is 11.5 Å². The summed E-state index contributed by atoms with van der Waals surface area (Å²) >= 11 is 35.6. The molecule has 0 saturated heterocycles. The van der Waals surface area contributed by atoms with Gasteiger partial charge < -0.3 is 42.6 Å². The first kappa shape index (κ1) is 129. The zero-order valence-corrected chi connectivity index (χ0v) is 94.6. The topological polar surface area (TPSA) is 117 Å². The quantitative estimate of drug-likeness (QED) is 0.0222. The Hall–Kier alpha value is -8.99. The molecule has 1 aliphatic rings. The number of carbonyl (C=O) groups is 2. The lowest BCUT2D eigenvalue weighted by Crippen LogP contribution is -2.27. The number of ether oxygens (including phenoxy) is 9. The molecule has 1 fully saturated rings. The van der Waals surface area contributed by atoms with Gasteiger partial charge in [0.05, 0.1) is 46.5 Å². The van der Waals surface area contributed by atoms with Gasteiger partial charge in [0.25, 0.3) is 0 Å². The maximum Gasteiger partial charge on any atom is 0.572 e. The molecule has 0 spiro atoms.